The average molecular weight is 306 g/mol. The highest BCUT2D eigenvalue weighted by Crippen LogP contribution is 2.40. The van der Waals surface area contributed by atoms with Crippen LogP contribution in [0.1, 0.15) is 60.3 Å². The van der Waals surface area contributed by atoms with E-state index in [0.717, 1.165) is 19.3 Å². The van der Waals surface area contributed by atoms with Crippen molar-refractivity contribution in [2.24, 2.45) is 5.92 Å². The SMILES string of the molecule is CC[CH]CC1[CH]C(=O)N(C2CC(C)(C)N(C)C(C)(C)C2)C1=O. The Labute approximate surface area is 135 Å². The number of carbonyl (C=O) groups is 2. The second-order valence-corrected chi connectivity index (χ2v) is 8.00. The molecule has 1 atom stereocenters. The monoisotopic (exact) mass is 306 g/mol. The first-order chi connectivity index (χ1) is 10.1. The number of carbonyl (C=O) groups excluding carboxylic acids is 2. The summed E-state index contributed by atoms with van der Waals surface area (Å²) in [4.78, 5) is 29.0. The number of likely N-dealkylation sites (tertiary alicyclic amines) is 2. The Bertz CT molecular complexity index is 438. The van der Waals surface area contributed by atoms with E-state index in [1.54, 1.807) is 11.3 Å². The van der Waals surface area contributed by atoms with E-state index in [9.17, 15) is 9.59 Å². The van der Waals surface area contributed by atoms with Gasteiger partial charge in [0.05, 0.1) is 12.3 Å². The largest absolute Gasteiger partial charge is 0.296 e. The summed E-state index contributed by atoms with van der Waals surface area (Å²) in [6, 6.07) is 0.00377. The maximum absolute atomic E-state index is 12.7. The molecule has 4 heteroatoms. The van der Waals surface area contributed by atoms with Gasteiger partial charge in [-0.3, -0.25) is 19.4 Å². The van der Waals surface area contributed by atoms with E-state index < -0.39 is 0 Å². The maximum Gasteiger partial charge on any atom is 0.234 e. The molecule has 1 unspecified atom stereocenters. The molecule has 0 aromatic carbocycles. The van der Waals surface area contributed by atoms with Crippen LogP contribution in [0.3, 0.4) is 0 Å². The molecule has 2 heterocycles. The standard InChI is InChI=1S/C18H30N2O2/c1-7-8-9-13-10-15(21)20(16(13)22)14-11-17(2,3)19(6)18(4,5)12-14/h8,10,13-14H,7,9,11-12H2,1-6H3. The highest BCUT2D eigenvalue weighted by Gasteiger charge is 2.50. The molecule has 22 heavy (non-hydrogen) atoms. The molecule has 2 saturated heterocycles. The zero-order chi connectivity index (χ0) is 16.7. The molecule has 2 aliphatic rings. The molecule has 0 aliphatic carbocycles. The first-order valence-electron chi connectivity index (χ1n) is 8.37. The van der Waals surface area contributed by atoms with Crippen LogP contribution in [-0.2, 0) is 9.59 Å². The summed E-state index contributed by atoms with van der Waals surface area (Å²) in [5.41, 5.74) is -0.0544. The third-order valence-corrected chi connectivity index (χ3v) is 5.50. The molecule has 4 nitrogen and oxygen atoms in total. The van der Waals surface area contributed by atoms with Gasteiger partial charge in [0, 0.05) is 17.1 Å². The average Bonchev–Trinajstić information content (AvgIpc) is 2.67. The molecule has 0 N–H and O–H groups in total. The number of hydrogen-bond donors (Lipinski definition) is 0. The van der Waals surface area contributed by atoms with Crippen molar-refractivity contribution in [1.82, 2.24) is 9.80 Å². The minimum absolute atomic E-state index is 0.00377. The molecular weight excluding hydrogens is 276 g/mol. The predicted octanol–water partition coefficient (Wildman–Crippen LogP) is 2.83. The fourth-order valence-electron chi connectivity index (χ4n) is 3.99. The Kier molecular flexibility index (Phi) is 4.72. The molecule has 0 saturated carbocycles. The minimum Gasteiger partial charge on any atom is -0.296 e. The van der Waals surface area contributed by atoms with Gasteiger partial charge >= 0.3 is 0 Å². The molecule has 2 rings (SSSR count). The number of amides is 2. The van der Waals surface area contributed by atoms with Crippen LogP contribution >= 0.6 is 0 Å². The highest BCUT2D eigenvalue weighted by molar-refractivity contribution is 6.09. The van der Waals surface area contributed by atoms with Gasteiger partial charge in [-0.05, 0) is 60.4 Å². The topological polar surface area (TPSA) is 40.6 Å². The van der Waals surface area contributed by atoms with E-state index in [1.807, 2.05) is 0 Å². The van der Waals surface area contributed by atoms with Crippen LogP contribution in [-0.4, -0.2) is 45.8 Å². The second-order valence-electron chi connectivity index (χ2n) is 8.00. The maximum atomic E-state index is 12.7. The molecule has 0 bridgehead atoms. The van der Waals surface area contributed by atoms with Crippen LogP contribution in [0.25, 0.3) is 0 Å². The number of rotatable bonds is 4. The Balaban J connectivity index is 2.17. The summed E-state index contributed by atoms with van der Waals surface area (Å²) in [7, 11) is 2.13. The van der Waals surface area contributed by atoms with E-state index in [-0.39, 0.29) is 34.9 Å². The lowest BCUT2D eigenvalue weighted by molar-refractivity contribution is -0.146. The van der Waals surface area contributed by atoms with E-state index in [4.69, 9.17) is 0 Å². The van der Waals surface area contributed by atoms with Crippen molar-refractivity contribution < 1.29 is 9.59 Å². The Morgan fingerprint density at radius 3 is 2.23 bits per heavy atom. The minimum atomic E-state index is -0.252. The fourth-order valence-corrected chi connectivity index (χ4v) is 3.99. The molecule has 0 aromatic rings. The van der Waals surface area contributed by atoms with E-state index in [1.165, 1.54) is 0 Å². The van der Waals surface area contributed by atoms with Crippen molar-refractivity contribution in [3.05, 3.63) is 12.8 Å². The van der Waals surface area contributed by atoms with Crippen molar-refractivity contribution in [2.75, 3.05) is 7.05 Å². The van der Waals surface area contributed by atoms with Gasteiger partial charge < -0.3 is 0 Å². The lowest BCUT2D eigenvalue weighted by Crippen LogP contribution is -2.63. The third kappa shape index (κ3) is 3.08. The first-order valence-corrected chi connectivity index (χ1v) is 8.37. The summed E-state index contributed by atoms with van der Waals surface area (Å²) in [6.07, 6.45) is 6.98. The van der Waals surface area contributed by atoms with Gasteiger partial charge in [-0.25, -0.2) is 0 Å². The van der Waals surface area contributed by atoms with Crippen LogP contribution in [0.4, 0.5) is 0 Å². The van der Waals surface area contributed by atoms with Gasteiger partial charge in [0.2, 0.25) is 11.8 Å². The smallest absolute Gasteiger partial charge is 0.234 e. The lowest BCUT2D eigenvalue weighted by atomic mass is 9.77. The Hall–Kier alpha value is -0.900. The summed E-state index contributed by atoms with van der Waals surface area (Å²) in [5.74, 6) is -0.352. The van der Waals surface area contributed by atoms with Crippen LogP contribution in [0.2, 0.25) is 0 Å². The number of nitrogens with zero attached hydrogens (tertiary/aromatic N) is 2. The lowest BCUT2D eigenvalue weighted by Gasteiger charge is -2.54. The van der Waals surface area contributed by atoms with Crippen LogP contribution in [0, 0.1) is 18.8 Å². The second kappa shape index (κ2) is 5.95. The van der Waals surface area contributed by atoms with Gasteiger partial charge in [-0.1, -0.05) is 13.3 Å². The van der Waals surface area contributed by atoms with Crippen molar-refractivity contribution >= 4 is 11.8 Å². The number of imide groups is 1. The molecular formula is C18H30N2O2. The van der Waals surface area contributed by atoms with Gasteiger partial charge in [0.15, 0.2) is 0 Å². The quantitative estimate of drug-likeness (QED) is 0.750. The van der Waals surface area contributed by atoms with Crippen molar-refractivity contribution in [3.8, 4) is 0 Å². The van der Waals surface area contributed by atoms with E-state index in [0.29, 0.717) is 6.42 Å². The van der Waals surface area contributed by atoms with Crippen molar-refractivity contribution in [1.29, 1.82) is 0 Å². The summed E-state index contributed by atoms with van der Waals surface area (Å²) in [6.45, 7) is 10.8. The van der Waals surface area contributed by atoms with E-state index in [2.05, 4.69) is 53.0 Å². The van der Waals surface area contributed by atoms with Gasteiger partial charge in [-0.2, -0.15) is 0 Å². The van der Waals surface area contributed by atoms with Gasteiger partial charge in [0.25, 0.3) is 0 Å². The zero-order valence-corrected chi connectivity index (χ0v) is 14.8. The van der Waals surface area contributed by atoms with Crippen LogP contribution in [0.5, 0.6) is 0 Å². The number of piperidine rings is 1. The normalized spacial score (nSPS) is 29.4. The first kappa shape index (κ1) is 17.5. The molecule has 2 radical (unpaired) electrons. The molecule has 2 fully saturated rings. The molecule has 0 spiro atoms. The number of hydrogen-bond acceptors (Lipinski definition) is 3. The summed E-state index contributed by atoms with van der Waals surface area (Å²) >= 11 is 0. The molecule has 2 amide bonds. The van der Waals surface area contributed by atoms with Gasteiger partial charge in [-0.15, -0.1) is 0 Å². The predicted molar refractivity (Wildman–Crippen MR) is 87.8 cm³/mol. The Morgan fingerprint density at radius 1 is 1.18 bits per heavy atom. The number of unbranched alkanes of at least 4 members (excludes halogenated alkanes) is 1. The third-order valence-electron chi connectivity index (χ3n) is 5.50. The van der Waals surface area contributed by atoms with E-state index >= 15 is 0 Å². The van der Waals surface area contributed by atoms with Gasteiger partial charge in [0.1, 0.15) is 0 Å². The molecule has 124 valence electrons. The fraction of sp³-hybridized carbons (Fsp3) is 0.778. The summed E-state index contributed by atoms with van der Waals surface area (Å²) < 4.78 is 0. The summed E-state index contributed by atoms with van der Waals surface area (Å²) in [5, 5.41) is 0. The van der Waals surface area contributed by atoms with Crippen LogP contribution < -0.4 is 0 Å². The Morgan fingerprint density at radius 2 is 1.73 bits per heavy atom. The van der Waals surface area contributed by atoms with Crippen molar-refractivity contribution in [2.45, 2.75) is 77.4 Å². The molecule has 0 aromatic heterocycles. The zero-order valence-electron chi connectivity index (χ0n) is 14.8. The molecule has 2 aliphatic heterocycles. The van der Waals surface area contributed by atoms with Crippen molar-refractivity contribution in [3.63, 3.8) is 0 Å². The highest BCUT2D eigenvalue weighted by atomic mass is 16.2. The van der Waals surface area contributed by atoms with Crippen LogP contribution in [0.15, 0.2) is 0 Å².